The highest BCUT2D eigenvalue weighted by molar-refractivity contribution is 5.91. The van der Waals surface area contributed by atoms with Crippen molar-refractivity contribution in [2.45, 2.75) is 13.5 Å². The molecular formula is C25H28N6O2. The first-order valence-corrected chi connectivity index (χ1v) is 11.3. The summed E-state index contributed by atoms with van der Waals surface area (Å²) in [5, 5.41) is 5.19. The summed E-state index contributed by atoms with van der Waals surface area (Å²) in [6, 6.07) is 15.8. The molecule has 5 rings (SSSR count). The average molecular weight is 445 g/mol. The number of aromatic nitrogens is 4. The van der Waals surface area contributed by atoms with Gasteiger partial charge in [-0.3, -0.25) is 4.79 Å². The Hall–Kier alpha value is -3.65. The van der Waals surface area contributed by atoms with E-state index in [4.69, 9.17) is 9.72 Å². The summed E-state index contributed by atoms with van der Waals surface area (Å²) >= 11 is 0. The van der Waals surface area contributed by atoms with Gasteiger partial charge in [-0.05, 0) is 26.1 Å². The Kier molecular flexibility index (Phi) is 5.60. The molecule has 8 nitrogen and oxygen atoms in total. The van der Waals surface area contributed by atoms with Crippen molar-refractivity contribution in [3.8, 4) is 28.4 Å². The van der Waals surface area contributed by atoms with Gasteiger partial charge in [0.05, 0.1) is 12.7 Å². The highest BCUT2D eigenvalue weighted by Gasteiger charge is 2.21. The Morgan fingerprint density at radius 3 is 2.52 bits per heavy atom. The Morgan fingerprint density at radius 2 is 1.82 bits per heavy atom. The van der Waals surface area contributed by atoms with Crippen LogP contribution in [0.4, 0.5) is 5.69 Å². The number of fused-ring (bicyclic) bond motifs is 1. The van der Waals surface area contributed by atoms with Gasteiger partial charge in [0, 0.05) is 50.0 Å². The first-order valence-electron chi connectivity index (χ1n) is 11.3. The quantitative estimate of drug-likeness (QED) is 0.509. The lowest BCUT2D eigenvalue weighted by molar-refractivity contribution is 0.312. The Labute approximate surface area is 192 Å². The molecule has 0 unspecified atom stereocenters. The molecule has 0 spiro atoms. The number of H-pyrrole nitrogens is 1. The number of likely N-dealkylation sites (N-methyl/N-ethyl adjacent to an activating group) is 1. The van der Waals surface area contributed by atoms with E-state index >= 15 is 0 Å². The van der Waals surface area contributed by atoms with Crippen LogP contribution < -0.4 is 15.2 Å². The molecule has 0 atom stereocenters. The number of hydrogen-bond acceptors (Lipinski definition) is 6. The first kappa shape index (κ1) is 21.2. The van der Waals surface area contributed by atoms with E-state index in [-0.39, 0.29) is 5.56 Å². The summed E-state index contributed by atoms with van der Waals surface area (Å²) in [6.45, 7) is 6.60. The standard InChI is InChI=1S/C25H28N6O2/c1-4-31-24-21(22(28-31)17-8-6-5-7-9-17)25(32)27-23(26-24)19-11-10-18(16-20(19)33-3)30-14-12-29(2)13-15-30/h5-11,16H,4,12-15H2,1-3H3,(H,26,27,32). The van der Waals surface area contributed by atoms with Crippen molar-refractivity contribution in [3.63, 3.8) is 0 Å². The zero-order chi connectivity index (χ0) is 22.9. The van der Waals surface area contributed by atoms with Crippen molar-refractivity contribution in [3.05, 3.63) is 58.9 Å². The number of rotatable bonds is 5. The molecular weight excluding hydrogens is 416 g/mol. The van der Waals surface area contributed by atoms with Crippen LogP contribution in [0.5, 0.6) is 5.75 Å². The number of piperazine rings is 1. The fraction of sp³-hybridized carbons (Fsp3) is 0.320. The third-order valence-electron chi connectivity index (χ3n) is 6.26. The van der Waals surface area contributed by atoms with Crippen molar-refractivity contribution in [2.75, 3.05) is 45.2 Å². The monoisotopic (exact) mass is 444 g/mol. The SMILES string of the molecule is CCn1nc(-c2ccccc2)c2c(=O)[nH]c(-c3ccc(N4CCN(C)CC4)cc3OC)nc21. The molecule has 1 aliphatic heterocycles. The van der Waals surface area contributed by atoms with Gasteiger partial charge in [-0.2, -0.15) is 5.10 Å². The van der Waals surface area contributed by atoms with E-state index < -0.39 is 0 Å². The molecule has 0 amide bonds. The van der Waals surface area contributed by atoms with Crippen molar-refractivity contribution in [1.29, 1.82) is 0 Å². The minimum Gasteiger partial charge on any atom is -0.496 e. The number of aromatic amines is 1. The van der Waals surface area contributed by atoms with Crippen LogP contribution >= 0.6 is 0 Å². The number of methoxy groups -OCH3 is 1. The molecule has 1 saturated heterocycles. The lowest BCUT2D eigenvalue weighted by Gasteiger charge is -2.34. The second-order valence-corrected chi connectivity index (χ2v) is 8.32. The number of benzene rings is 2. The van der Waals surface area contributed by atoms with Crippen LogP contribution in [0.1, 0.15) is 6.92 Å². The molecule has 2 aromatic heterocycles. The van der Waals surface area contributed by atoms with Crippen LogP contribution in [-0.4, -0.2) is 65.0 Å². The zero-order valence-corrected chi connectivity index (χ0v) is 19.2. The summed E-state index contributed by atoms with van der Waals surface area (Å²) in [6.07, 6.45) is 0. The van der Waals surface area contributed by atoms with Gasteiger partial charge in [0.1, 0.15) is 22.7 Å². The van der Waals surface area contributed by atoms with Gasteiger partial charge in [0.15, 0.2) is 5.65 Å². The molecule has 8 heteroatoms. The Bertz CT molecular complexity index is 1340. The van der Waals surface area contributed by atoms with Crippen molar-refractivity contribution < 1.29 is 4.74 Å². The summed E-state index contributed by atoms with van der Waals surface area (Å²) in [4.78, 5) is 25.7. The van der Waals surface area contributed by atoms with Crippen LogP contribution in [0.2, 0.25) is 0 Å². The summed E-state index contributed by atoms with van der Waals surface area (Å²) in [5.74, 6) is 1.16. The van der Waals surface area contributed by atoms with Crippen LogP contribution in [0.3, 0.4) is 0 Å². The van der Waals surface area contributed by atoms with E-state index in [9.17, 15) is 4.79 Å². The van der Waals surface area contributed by atoms with E-state index in [1.165, 1.54) is 0 Å². The van der Waals surface area contributed by atoms with Gasteiger partial charge in [-0.1, -0.05) is 30.3 Å². The average Bonchev–Trinajstić information content (AvgIpc) is 3.24. The van der Waals surface area contributed by atoms with Gasteiger partial charge in [-0.15, -0.1) is 0 Å². The number of nitrogens with one attached hydrogen (secondary N) is 1. The smallest absolute Gasteiger partial charge is 0.262 e. The predicted octanol–water partition coefficient (Wildman–Crippen LogP) is 3.23. The van der Waals surface area contributed by atoms with Crippen molar-refractivity contribution >= 4 is 16.7 Å². The lowest BCUT2D eigenvalue weighted by Crippen LogP contribution is -2.44. The van der Waals surface area contributed by atoms with Gasteiger partial charge in [0.25, 0.3) is 5.56 Å². The fourth-order valence-corrected chi connectivity index (χ4v) is 4.36. The molecule has 1 fully saturated rings. The molecule has 33 heavy (non-hydrogen) atoms. The molecule has 3 heterocycles. The molecule has 1 N–H and O–H groups in total. The Balaban J connectivity index is 1.60. The van der Waals surface area contributed by atoms with Crippen LogP contribution in [0, 0.1) is 0 Å². The molecule has 1 aliphatic rings. The van der Waals surface area contributed by atoms with Crippen LogP contribution in [0.25, 0.3) is 33.7 Å². The third kappa shape index (κ3) is 3.87. The van der Waals surface area contributed by atoms with Crippen LogP contribution in [-0.2, 0) is 6.54 Å². The van der Waals surface area contributed by atoms with Crippen molar-refractivity contribution in [1.82, 2.24) is 24.6 Å². The second-order valence-electron chi connectivity index (χ2n) is 8.32. The minimum atomic E-state index is -0.209. The summed E-state index contributed by atoms with van der Waals surface area (Å²) in [5.41, 5.74) is 3.75. The van der Waals surface area contributed by atoms with E-state index in [2.05, 4.69) is 33.0 Å². The molecule has 4 aromatic rings. The highest BCUT2D eigenvalue weighted by atomic mass is 16.5. The zero-order valence-electron chi connectivity index (χ0n) is 19.2. The highest BCUT2D eigenvalue weighted by Crippen LogP contribution is 2.33. The summed E-state index contributed by atoms with van der Waals surface area (Å²) < 4.78 is 7.49. The third-order valence-corrected chi connectivity index (χ3v) is 6.26. The van der Waals surface area contributed by atoms with Gasteiger partial charge >= 0.3 is 0 Å². The fourth-order valence-electron chi connectivity index (χ4n) is 4.36. The van der Waals surface area contributed by atoms with E-state index in [1.807, 2.05) is 49.4 Å². The molecule has 0 radical (unpaired) electrons. The molecule has 0 aliphatic carbocycles. The maximum atomic E-state index is 13.2. The van der Waals surface area contributed by atoms with Gasteiger partial charge in [0.2, 0.25) is 0 Å². The predicted molar refractivity (Wildman–Crippen MR) is 131 cm³/mol. The van der Waals surface area contributed by atoms with Gasteiger partial charge in [-0.25, -0.2) is 9.67 Å². The topological polar surface area (TPSA) is 79.3 Å². The largest absolute Gasteiger partial charge is 0.496 e. The van der Waals surface area contributed by atoms with E-state index in [0.29, 0.717) is 34.8 Å². The van der Waals surface area contributed by atoms with Crippen molar-refractivity contribution in [2.24, 2.45) is 0 Å². The number of hydrogen-bond donors (Lipinski definition) is 1. The Morgan fingerprint density at radius 1 is 1.06 bits per heavy atom. The van der Waals surface area contributed by atoms with Crippen LogP contribution in [0.15, 0.2) is 53.3 Å². The van der Waals surface area contributed by atoms with E-state index in [1.54, 1.807) is 11.8 Å². The van der Waals surface area contributed by atoms with Gasteiger partial charge < -0.3 is 19.5 Å². The first-order chi connectivity index (χ1) is 16.1. The normalized spacial score (nSPS) is 14.7. The number of ether oxygens (including phenoxy) is 1. The number of nitrogens with zero attached hydrogens (tertiary/aromatic N) is 5. The molecule has 0 saturated carbocycles. The maximum absolute atomic E-state index is 13.2. The second kappa shape index (κ2) is 8.71. The number of anilines is 1. The molecule has 2 aromatic carbocycles. The molecule has 0 bridgehead atoms. The minimum absolute atomic E-state index is 0.209. The number of aryl methyl sites for hydroxylation is 1. The van der Waals surface area contributed by atoms with E-state index in [0.717, 1.165) is 43.0 Å². The molecule has 170 valence electrons. The summed E-state index contributed by atoms with van der Waals surface area (Å²) in [7, 11) is 3.79. The maximum Gasteiger partial charge on any atom is 0.262 e. The lowest BCUT2D eigenvalue weighted by atomic mass is 10.1.